The van der Waals surface area contributed by atoms with E-state index in [1.807, 2.05) is 31.2 Å². The summed E-state index contributed by atoms with van der Waals surface area (Å²) < 4.78 is 16.1. The summed E-state index contributed by atoms with van der Waals surface area (Å²) in [6.07, 6.45) is 1.67. The lowest BCUT2D eigenvalue weighted by molar-refractivity contribution is -0.119. The molecule has 1 atom stereocenters. The summed E-state index contributed by atoms with van der Waals surface area (Å²) in [6.45, 7) is 5.64. The highest BCUT2D eigenvalue weighted by atomic mass is 35.5. The largest absolute Gasteiger partial charge is 0.381 e. The molecule has 25 heavy (non-hydrogen) atoms. The topological polar surface area (TPSA) is 82.8 Å². The van der Waals surface area contributed by atoms with Gasteiger partial charge in [-0.3, -0.25) is 4.79 Å². The summed E-state index contributed by atoms with van der Waals surface area (Å²) >= 11 is 0. The van der Waals surface area contributed by atoms with Crippen LogP contribution in [-0.4, -0.2) is 45.0 Å². The molecule has 0 aromatic heterocycles. The van der Waals surface area contributed by atoms with Crippen molar-refractivity contribution >= 4 is 24.0 Å². The van der Waals surface area contributed by atoms with Gasteiger partial charge in [0, 0.05) is 25.5 Å². The molecule has 142 valence electrons. The Bertz CT molecular complexity index is 510. The Kier molecular flexibility index (Phi) is 10.7. The second kappa shape index (κ2) is 12.2. The van der Waals surface area contributed by atoms with Crippen LogP contribution in [0.5, 0.6) is 0 Å². The summed E-state index contributed by atoms with van der Waals surface area (Å²) in [6, 6.07) is 7.14. The number of hydrogen-bond acceptors (Lipinski definition) is 5. The van der Waals surface area contributed by atoms with E-state index in [2.05, 4.69) is 5.32 Å². The Labute approximate surface area is 155 Å². The molecule has 6 nitrogen and oxygen atoms in total. The number of benzene rings is 1. The maximum atomic E-state index is 12.3. The van der Waals surface area contributed by atoms with E-state index in [0.717, 1.165) is 24.1 Å². The molecule has 2 rings (SSSR count). The Morgan fingerprint density at radius 3 is 2.76 bits per heavy atom. The number of anilines is 1. The Morgan fingerprint density at radius 1 is 1.32 bits per heavy atom. The molecule has 0 saturated carbocycles. The summed E-state index contributed by atoms with van der Waals surface area (Å²) in [5.41, 5.74) is 7.85. The number of carbonyl (C=O) groups excluding carboxylic acids is 1. The molecule has 0 aliphatic carbocycles. The van der Waals surface area contributed by atoms with Gasteiger partial charge in [-0.2, -0.15) is 0 Å². The summed E-state index contributed by atoms with van der Waals surface area (Å²) in [7, 11) is 0. The smallest absolute Gasteiger partial charge is 0.241 e. The zero-order valence-corrected chi connectivity index (χ0v) is 15.6. The normalized spacial score (nSPS) is 16.1. The zero-order valence-electron chi connectivity index (χ0n) is 14.7. The molecule has 1 amide bonds. The molecule has 0 bridgehead atoms. The van der Waals surface area contributed by atoms with Crippen molar-refractivity contribution < 1.29 is 19.0 Å². The van der Waals surface area contributed by atoms with E-state index in [9.17, 15) is 4.79 Å². The Hall–Kier alpha value is -1.18. The van der Waals surface area contributed by atoms with Crippen LogP contribution in [0, 0.1) is 5.92 Å². The van der Waals surface area contributed by atoms with Gasteiger partial charge in [0.05, 0.1) is 25.9 Å². The first-order valence-electron chi connectivity index (χ1n) is 8.59. The number of nitrogens with two attached hydrogens (primary N) is 1. The van der Waals surface area contributed by atoms with Crippen LogP contribution in [0.1, 0.15) is 25.3 Å². The number of amides is 1. The summed E-state index contributed by atoms with van der Waals surface area (Å²) in [5.74, 6) is 0.0418. The summed E-state index contributed by atoms with van der Waals surface area (Å²) in [5, 5.41) is 2.91. The molecule has 1 saturated heterocycles. The molecular weight excluding hydrogens is 344 g/mol. The van der Waals surface area contributed by atoms with Gasteiger partial charge in [0.15, 0.2) is 0 Å². The number of carbonyl (C=O) groups is 1. The number of rotatable bonds is 9. The number of ether oxygens (including phenoxy) is 3. The quantitative estimate of drug-likeness (QED) is 0.650. The van der Waals surface area contributed by atoms with E-state index >= 15 is 0 Å². The first-order valence-corrected chi connectivity index (χ1v) is 8.59. The minimum Gasteiger partial charge on any atom is -0.381 e. The van der Waals surface area contributed by atoms with Crippen LogP contribution in [0.3, 0.4) is 0 Å². The second-order valence-electron chi connectivity index (χ2n) is 5.91. The minimum atomic E-state index is -0.500. The summed E-state index contributed by atoms with van der Waals surface area (Å²) in [4.78, 5) is 12.3. The monoisotopic (exact) mass is 372 g/mol. The van der Waals surface area contributed by atoms with Crippen LogP contribution in [-0.2, 0) is 25.6 Å². The number of halogens is 1. The third kappa shape index (κ3) is 7.71. The van der Waals surface area contributed by atoms with Crippen LogP contribution >= 0.6 is 12.4 Å². The van der Waals surface area contributed by atoms with Crippen LogP contribution < -0.4 is 11.1 Å². The highest BCUT2D eigenvalue weighted by Gasteiger charge is 2.26. The SMILES string of the molecule is CCOCCOCc1cccc(NC(=O)C(N)C2CCOCC2)c1.Cl. The van der Waals surface area contributed by atoms with E-state index < -0.39 is 6.04 Å². The fraction of sp³-hybridized carbons (Fsp3) is 0.611. The number of hydrogen-bond donors (Lipinski definition) is 2. The molecule has 0 spiro atoms. The van der Waals surface area contributed by atoms with Crippen LogP contribution in [0.4, 0.5) is 5.69 Å². The fourth-order valence-corrected chi connectivity index (χ4v) is 2.71. The highest BCUT2D eigenvalue weighted by molar-refractivity contribution is 5.94. The van der Waals surface area contributed by atoms with E-state index in [-0.39, 0.29) is 24.2 Å². The third-order valence-corrected chi connectivity index (χ3v) is 4.12. The van der Waals surface area contributed by atoms with E-state index in [1.165, 1.54) is 0 Å². The van der Waals surface area contributed by atoms with E-state index in [1.54, 1.807) is 0 Å². The van der Waals surface area contributed by atoms with Gasteiger partial charge < -0.3 is 25.3 Å². The predicted molar refractivity (Wildman–Crippen MR) is 100.0 cm³/mol. The molecule has 1 aromatic carbocycles. The lowest BCUT2D eigenvalue weighted by atomic mass is 9.92. The molecule has 1 aliphatic rings. The van der Waals surface area contributed by atoms with Gasteiger partial charge in [0.2, 0.25) is 5.91 Å². The Morgan fingerprint density at radius 2 is 2.04 bits per heavy atom. The molecule has 1 aliphatic heterocycles. The first-order chi connectivity index (χ1) is 11.7. The van der Waals surface area contributed by atoms with Gasteiger partial charge in [0.1, 0.15) is 0 Å². The standard InChI is InChI=1S/C18H28N2O4.ClH/c1-2-22-10-11-24-13-14-4-3-5-16(12-14)20-18(21)17(19)15-6-8-23-9-7-15;/h3-5,12,15,17H,2,6-11,13,19H2,1H3,(H,20,21);1H. The Balaban J connectivity index is 0.00000312. The maximum absolute atomic E-state index is 12.3. The zero-order chi connectivity index (χ0) is 17.2. The van der Waals surface area contributed by atoms with E-state index in [0.29, 0.717) is 39.6 Å². The number of nitrogens with one attached hydrogen (secondary N) is 1. The molecule has 3 N–H and O–H groups in total. The van der Waals surface area contributed by atoms with Gasteiger partial charge in [-0.1, -0.05) is 12.1 Å². The van der Waals surface area contributed by atoms with Gasteiger partial charge in [-0.15, -0.1) is 12.4 Å². The average molecular weight is 373 g/mol. The molecule has 7 heteroatoms. The molecule has 0 radical (unpaired) electrons. The lowest BCUT2D eigenvalue weighted by Crippen LogP contribution is -2.44. The maximum Gasteiger partial charge on any atom is 0.241 e. The van der Waals surface area contributed by atoms with Crippen molar-refractivity contribution in [2.45, 2.75) is 32.4 Å². The average Bonchev–Trinajstić information content (AvgIpc) is 2.62. The van der Waals surface area contributed by atoms with Crippen molar-refractivity contribution in [3.8, 4) is 0 Å². The van der Waals surface area contributed by atoms with Crippen molar-refractivity contribution in [3.63, 3.8) is 0 Å². The second-order valence-corrected chi connectivity index (χ2v) is 5.91. The van der Waals surface area contributed by atoms with Gasteiger partial charge in [-0.05, 0) is 43.4 Å². The van der Waals surface area contributed by atoms with Crippen molar-refractivity contribution in [1.29, 1.82) is 0 Å². The van der Waals surface area contributed by atoms with Crippen molar-refractivity contribution in [3.05, 3.63) is 29.8 Å². The van der Waals surface area contributed by atoms with Crippen molar-refractivity contribution in [2.75, 3.05) is 38.4 Å². The van der Waals surface area contributed by atoms with Crippen molar-refractivity contribution in [1.82, 2.24) is 0 Å². The molecule has 1 fully saturated rings. The highest BCUT2D eigenvalue weighted by Crippen LogP contribution is 2.19. The molecule has 1 aromatic rings. The van der Waals surface area contributed by atoms with E-state index in [4.69, 9.17) is 19.9 Å². The van der Waals surface area contributed by atoms with Crippen LogP contribution in [0.15, 0.2) is 24.3 Å². The van der Waals surface area contributed by atoms with Crippen LogP contribution in [0.25, 0.3) is 0 Å². The molecular formula is C18H29ClN2O4. The molecule has 1 heterocycles. The lowest BCUT2D eigenvalue weighted by Gasteiger charge is -2.26. The first kappa shape index (κ1) is 21.9. The van der Waals surface area contributed by atoms with Crippen LogP contribution in [0.2, 0.25) is 0 Å². The fourth-order valence-electron chi connectivity index (χ4n) is 2.71. The minimum absolute atomic E-state index is 0. The third-order valence-electron chi connectivity index (χ3n) is 4.12. The van der Waals surface area contributed by atoms with Gasteiger partial charge >= 0.3 is 0 Å². The van der Waals surface area contributed by atoms with Gasteiger partial charge in [0.25, 0.3) is 0 Å². The van der Waals surface area contributed by atoms with Gasteiger partial charge in [-0.25, -0.2) is 0 Å². The predicted octanol–water partition coefficient (Wildman–Crippen LogP) is 2.35. The van der Waals surface area contributed by atoms with Crippen molar-refractivity contribution in [2.24, 2.45) is 11.7 Å². The molecule has 1 unspecified atom stereocenters.